The first-order valence-electron chi connectivity index (χ1n) is 13.9. The van der Waals surface area contributed by atoms with Crippen molar-refractivity contribution in [3.05, 3.63) is 102 Å². The molecule has 0 saturated heterocycles. The van der Waals surface area contributed by atoms with Gasteiger partial charge in [0.15, 0.2) is 0 Å². The summed E-state index contributed by atoms with van der Waals surface area (Å²) in [7, 11) is 4.00. The Morgan fingerprint density at radius 2 is 1.61 bits per heavy atom. The van der Waals surface area contributed by atoms with Crippen molar-refractivity contribution in [2.75, 3.05) is 33.8 Å². The van der Waals surface area contributed by atoms with E-state index in [1.165, 1.54) is 0 Å². The number of para-hydroxylation sites is 1. The summed E-state index contributed by atoms with van der Waals surface area (Å²) in [6.07, 6.45) is 1.47. The summed E-state index contributed by atoms with van der Waals surface area (Å²) < 4.78 is 7.99. The van der Waals surface area contributed by atoms with Crippen molar-refractivity contribution in [3.63, 3.8) is 0 Å². The number of carbonyl (C=O) groups is 2. The minimum Gasteiger partial charge on any atom is -0.493 e. The molecule has 7 nitrogen and oxygen atoms in total. The number of nitrogens with one attached hydrogen (secondary N) is 1. The maximum atomic E-state index is 12.9. The van der Waals surface area contributed by atoms with Gasteiger partial charge >= 0.3 is 5.97 Å². The molecular weight excluding hydrogens is 514 g/mol. The van der Waals surface area contributed by atoms with Crippen LogP contribution in [0.1, 0.15) is 33.7 Å². The molecule has 1 amide bonds. The Balaban J connectivity index is 1.39. The maximum absolute atomic E-state index is 12.9. The van der Waals surface area contributed by atoms with Crippen LogP contribution in [0.25, 0.3) is 32.8 Å². The fourth-order valence-corrected chi connectivity index (χ4v) is 5.29. The smallest absolute Gasteiger partial charge is 0.353 e. The summed E-state index contributed by atoms with van der Waals surface area (Å²) >= 11 is 0. The lowest BCUT2D eigenvalue weighted by Crippen LogP contribution is -2.27. The van der Waals surface area contributed by atoms with Crippen molar-refractivity contribution in [2.45, 2.75) is 19.4 Å². The highest BCUT2D eigenvalue weighted by Gasteiger charge is 2.24. The summed E-state index contributed by atoms with van der Waals surface area (Å²) in [6, 6.07) is 29.0. The van der Waals surface area contributed by atoms with Crippen LogP contribution in [0.5, 0.6) is 5.75 Å². The van der Waals surface area contributed by atoms with Crippen LogP contribution in [0.4, 0.5) is 0 Å². The quantitative estimate of drug-likeness (QED) is 0.178. The average molecular weight is 550 g/mol. The van der Waals surface area contributed by atoms with Gasteiger partial charge < -0.3 is 24.6 Å². The number of carbonyl (C=O) groups excluding carboxylic acids is 1. The monoisotopic (exact) mass is 549 g/mol. The fourth-order valence-electron chi connectivity index (χ4n) is 5.29. The Labute approximate surface area is 240 Å². The number of hydrogen-bond donors (Lipinski definition) is 2. The number of aryl methyl sites for hydroxylation is 1. The number of rotatable bonds is 12. The molecule has 7 heteroatoms. The minimum absolute atomic E-state index is 0.170. The normalized spacial score (nSPS) is 11.3. The van der Waals surface area contributed by atoms with Crippen molar-refractivity contribution in [2.24, 2.45) is 0 Å². The van der Waals surface area contributed by atoms with Crippen LogP contribution < -0.4 is 10.1 Å². The van der Waals surface area contributed by atoms with Gasteiger partial charge in [0.1, 0.15) is 11.4 Å². The number of aromatic nitrogens is 1. The Bertz CT molecular complexity index is 1680. The number of carboxylic acid groups (broad SMARTS) is 1. The molecule has 2 N–H and O–H groups in total. The van der Waals surface area contributed by atoms with Gasteiger partial charge in [-0.05, 0) is 68.7 Å². The molecule has 1 aromatic heterocycles. The molecular formula is C34H35N3O4. The van der Waals surface area contributed by atoms with E-state index in [0.29, 0.717) is 42.8 Å². The lowest BCUT2D eigenvalue weighted by Gasteiger charge is -2.12. The van der Waals surface area contributed by atoms with Crippen molar-refractivity contribution < 1.29 is 19.4 Å². The van der Waals surface area contributed by atoms with Crippen LogP contribution in [-0.2, 0) is 6.54 Å². The second kappa shape index (κ2) is 12.7. The highest BCUT2D eigenvalue weighted by Crippen LogP contribution is 2.36. The van der Waals surface area contributed by atoms with Crippen molar-refractivity contribution >= 4 is 33.6 Å². The molecule has 0 atom stereocenters. The van der Waals surface area contributed by atoms with E-state index in [4.69, 9.17) is 4.74 Å². The average Bonchev–Trinajstić information content (AvgIpc) is 3.32. The summed E-state index contributed by atoms with van der Waals surface area (Å²) in [5.41, 5.74) is 2.86. The Kier molecular flexibility index (Phi) is 8.65. The van der Waals surface area contributed by atoms with Gasteiger partial charge in [-0.3, -0.25) is 4.79 Å². The molecule has 41 heavy (non-hydrogen) atoms. The van der Waals surface area contributed by atoms with Gasteiger partial charge in [0.05, 0.1) is 6.61 Å². The molecule has 0 saturated carbocycles. The van der Waals surface area contributed by atoms with Crippen LogP contribution >= 0.6 is 0 Å². The van der Waals surface area contributed by atoms with Gasteiger partial charge in [0.25, 0.3) is 5.91 Å². The van der Waals surface area contributed by atoms with Gasteiger partial charge in [0, 0.05) is 40.5 Å². The zero-order valence-electron chi connectivity index (χ0n) is 23.5. The number of nitrogens with zero attached hydrogens (tertiary/aromatic N) is 2. The predicted molar refractivity (Wildman–Crippen MR) is 164 cm³/mol. The Hall–Kier alpha value is -4.62. The van der Waals surface area contributed by atoms with Crippen LogP contribution in [0, 0.1) is 0 Å². The van der Waals surface area contributed by atoms with Crippen LogP contribution in [0.3, 0.4) is 0 Å². The van der Waals surface area contributed by atoms with Crippen LogP contribution in [-0.4, -0.2) is 60.2 Å². The third-order valence-electron chi connectivity index (χ3n) is 7.19. The second-order valence-corrected chi connectivity index (χ2v) is 10.4. The van der Waals surface area contributed by atoms with Crippen LogP contribution in [0.2, 0.25) is 0 Å². The number of aromatic carboxylic acids is 1. The Morgan fingerprint density at radius 3 is 2.41 bits per heavy atom. The Morgan fingerprint density at radius 1 is 0.878 bits per heavy atom. The molecule has 4 aromatic carbocycles. The molecule has 0 aliphatic rings. The number of hydrogen-bond acceptors (Lipinski definition) is 4. The number of benzene rings is 4. The molecule has 0 aliphatic carbocycles. The highest BCUT2D eigenvalue weighted by atomic mass is 16.5. The third kappa shape index (κ3) is 6.26. The van der Waals surface area contributed by atoms with Crippen molar-refractivity contribution in [3.8, 4) is 16.9 Å². The van der Waals surface area contributed by atoms with Gasteiger partial charge in [-0.25, -0.2) is 4.79 Å². The first-order valence-corrected chi connectivity index (χ1v) is 13.9. The zero-order chi connectivity index (χ0) is 28.8. The van der Waals surface area contributed by atoms with Crippen molar-refractivity contribution in [1.29, 1.82) is 0 Å². The first-order chi connectivity index (χ1) is 19.9. The molecule has 1 heterocycles. The highest BCUT2D eigenvalue weighted by molar-refractivity contribution is 6.09. The summed E-state index contributed by atoms with van der Waals surface area (Å²) in [4.78, 5) is 27.6. The number of carboxylic acids is 1. The van der Waals surface area contributed by atoms with Crippen molar-refractivity contribution in [1.82, 2.24) is 14.8 Å². The molecule has 0 aliphatic heterocycles. The molecule has 5 aromatic rings. The van der Waals surface area contributed by atoms with E-state index < -0.39 is 5.97 Å². The molecule has 0 fully saturated rings. The number of fused-ring (bicyclic) bond motifs is 2. The third-order valence-corrected chi connectivity index (χ3v) is 7.19. The molecule has 0 unspecified atom stereocenters. The molecule has 0 spiro atoms. The largest absolute Gasteiger partial charge is 0.493 e. The molecule has 210 valence electrons. The van der Waals surface area contributed by atoms with E-state index in [2.05, 4.69) is 22.3 Å². The van der Waals surface area contributed by atoms with Gasteiger partial charge in [-0.1, -0.05) is 66.7 Å². The fraction of sp³-hybridized carbons (Fsp3) is 0.235. The van der Waals surface area contributed by atoms with E-state index in [1.54, 1.807) is 18.2 Å². The van der Waals surface area contributed by atoms with E-state index in [1.807, 2.05) is 79.3 Å². The minimum atomic E-state index is -1.01. The molecule has 0 radical (unpaired) electrons. The van der Waals surface area contributed by atoms with E-state index in [0.717, 1.165) is 40.4 Å². The predicted octanol–water partition coefficient (Wildman–Crippen LogP) is 6.31. The SMILES string of the molecule is CN(C)CCCNC(=O)c1cccc(-c2c(C(=O)O)n(CCCOc3cccc4ccccc34)c3ccccc23)c1. The summed E-state index contributed by atoms with van der Waals surface area (Å²) in [5, 5.41) is 16.4. The standard InChI is InChI=1S/C34H35N3O4/c1-36(2)20-9-19-35-33(38)26-14-7-13-25(23-26)31-28-16-5-6-17-29(28)37(32(31)34(39)40)21-10-22-41-30-18-8-12-24-11-3-4-15-27(24)30/h3-8,11-18,23H,9-10,19-22H2,1-2H3,(H,35,38)(H,39,40). The van der Waals surface area contributed by atoms with E-state index in [9.17, 15) is 14.7 Å². The van der Waals surface area contributed by atoms with Gasteiger partial charge in [-0.15, -0.1) is 0 Å². The van der Waals surface area contributed by atoms with Gasteiger partial charge in [0.2, 0.25) is 0 Å². The van der Waals surface area contributed by atoms with Crippen LogP contribution in [0.15, 0.2) is 91.0 Å². The van der Waals surface area contributed by atoms with Gasteiger partial charge in [-0.2, -0.15) is 0 Å². The zero-order valence-corrected chi connectivity index (χ0v) is 23.5. The lowest BCUT2D eigenvalue weighted by atomic mass is 9.99. The lowest BCUT2D eigenvalue weighted by molar-refractivity contribution is 0.0685. The van der Waals surface area contributed by atoms with E-state index in [-0.39, 0.29) is 11.6 Å². The molecule has 0 bridgehead atoms. The molecule has 5 rings (SSSR count). The first kappa shape index (κ1) is 27.9. The summed E-state index contributed by atoms with van der Waals surface area (Å²) in [6.45, 7) is 2.37. The number of ether oxygens (including phenoxy) is 1. The topological polar surface area (TPSA) is 83.8 Å². The second-order valence-electron chi connectivity index (χ2n) is 10.4. The maximum Gasteiger partial charge on any atom is 0.353 e. The number of amides is 1. The van der Waals surface area contributed by atoms with E-state index >= 15 is 0 Å². The summed E-state index contributed by atoms with van der Waals surface area (Å²) in [5.74, 6) is -0.363.